The van der Waals surface area contributed by atoms with Crippen molar-refractivity contribution in [2.75, 3.05) is 14.2 Å². The second-order valence-corrected chi connectivity index (χ2v) is 5.64. The molecule has 1 amide bonds. The van der Waals surface area contributed by atoms with Gasteiger partial charge in [0.1, 0.15) is 17.4 Å². The molecule has 0 heterocycles. The van der Waals surface area contributed by atoms with Gasteiger partial charge in [-0.2, -0.15) is 5.26 Å². The van der Waals surface area contributed by atoms with Gasteiger partial charge in [-0.1, -0.05) is 30.4 Å². The van der Waals surface area contributed by atoms with E-state index in [0.717, 1.165) is 0 Å². The molecule has 0 bridgehead atoms. The van der Waals surface area contributed by atoms with Crippen LogP contribution in [-0.2, 0) is 11.3 Å². The van der Waals surface area contributed by atoms with Crippen molar-refractivity contribution in [2.45, 2.75) is 6.54 Å². The predicted molar refractivity (Wildman–Crippen MR) is 104 cm³/mol. The van der Waals surface area contributed by atoms with Gasteiger partial charge in [0.2, 0.25) is 5.75 Å². The lowest BCUT2D eigenvalue weighted by atomic mass is 10.1. The van der Waals surface area contributed by atoms with E-state index in [1.165, 1.54) is 32.4 Å². The number of hydrogen-bond donors (Lipinski definition) is 3. The van der Waals surface area contributed by atoms with Crippen molar-refractivity contribution < 1.29 is 24.5 Å². The first-order chi connectivity index (χ1) is 13.5. The van der Waals surface area contributed by atoms with E-state index >= 15 is 0 Å². The SMILES string of the molecule is COc1cc(/C=C/C=C(\C#N)C(=O)NCc2ccccc2O)cc(OC)c1O. The van der Waals surface area contributed by atoms with Crippen LogP contribution in [0.1, 0.15) is 11.1 Å². The third-order valence-corrected chi connectivity index (χ3v) is 3.85. The molecule has 0 aliphatic carbocycles. The Balaban J connectivity index is 2.11. The third kappa shape index (κ3) is 5.05. The summed E-state index contributed by atoms with van der Waals surface area (Å²) in [6.07, 6.45) is 4.54. The largest absolute Gasteiger partial charge is 0.508 e. The van der Waals surface area contributed by atoms with E-state index < -0.39 is 5.91 Å². The number of carbonyl (C=O) groups excluding carboxylic acids is 1. The molecule has 7 nitrogen and oxygen atoms in total. The highest BCUT2D eigenvalue weighted by molar-refractivity contribution is 5.97. The molecule has 7 heteroatoms. The molecule has 0 aliphatic rings. The van der Waals surface area contributed by atoms with Crippen LogP contribution in [0.4, 0.5) is 0 Å². The number of nitriles is 1. The molecule has 2 rings (SSSR count). The molecule has 2 aromatic carbocycles. The first-order valence-electron chi connectivity index (χ1n) is 8.28. The van der Waals surface area contributed by atoms with E-state index in [-0.39, 0.29) is 35.1 Å². The van der Waals surface area contributed by atoms with Gasteiger partial charge in [-0.3, -0.25) is 4.79 Å². The third-order valence-electron chi connectivity index (χ3n) is 3.85. The maximum atomic E-state index is 12.2. The zero-order valence-electron chi connectivity index (χ0n) is 15.5. The quantitative estimate of drug-likeness (QED) is 0.387. The van der Waals surface area contributed by atoms with Crippen molar-refractivity contribution in [2.24, 2.45) is 0 Å². The first kappa shape index (κ1) is 20.4. The molecule has 0 atom stereocenters. The number of methoxy groups -OCH3 is 2. The molecule has 3 N–H and O–H groups in total. The number of allylic oxidation sites excluding steroid dienone is 2. The average molecular weight is 380 g/mol. The van der Waals surface area contributed by atoms with E-state index in [0.29, 0.717) is 11.1 Å². The Bertz CT molecular complexity index is 933. The fourth-order valence-electron chi connectivity index (χ4n) is 2.36. The Morgan fingerprint density at radius 3 is 2.39 bits per heavy atom. The van der Waals surface area contributed by atoms with Gasteiger partial charge < -0.3 is 25.0 Å². The Kier molecular flexibility index (Phi) is 7.06. The van der Waals surface area contributed by atoms with E-state index in [4.69, 9.17) is 9.47 Å². The number of benzene rings is 2. The lowest BCUT2D eigenvalue weighted by Crippen LogP contribution is -2.23. The summed E-state index contributed by atoms with van der Waals surface area (Å²) in [4.78, 5) is 12.2. The second kappa shape index (κ2) is 9.69. The van der Waals surface area contributed by atoms with Gasteiger partial charge in [-0.15, -0.1) is 0 Å². The zero-order valence-corrected chi connectivity index (χ0v) is 15.5. The number of ether oxygens (including phenoxy) is 2. The minimum Gasteiger partial charge on any atom is -0.508 e. The number of nitrogens with one attached hydrogen (secondary N) is 1. The van der Waals surface area contributed by atoms with Crippen molar-refractivity contribution in [3.8, 4) is 29.1 Å². The lowest BCUT2D eigenvalue weighted by Gasteiger charge is -2.09. The summed E-state index contributed by atoms with van der Waals surface area (Å²) in [6, 6.07) is 11.6. The molecular formula is C21H20N2O5. The smallest absolute Gasteiger partial charge is 0.262 e. The monoisotopic (exact) mass is 380 g/mol. The highest BCUT2D eigenvalue weighted by atomic mass is 16.5. The van der Waals surface area contributed by atoms with Crippen LogP contribution < -0.4 is 14.8 Å². The maximum Gasteiger partial charge on any atom is 0.262 e. The van der Waals surface area contributed by atoms with Crippen molar-refractivity contribution in [1.29, 1.82) is 5.26 Å². The van der Waals surface area contributed by atoms with Crippen LogP contribution in [0.2, 0.25) is 0 Å². The molecule has 2 aromatic rings. The van der Waals surface area contributed by atoms with Gasteiger partial charge in [-0.25, -0.2) is 0 Å². The van der Waals surface area contributed by atoms with Crippen LogP contribution in [-0.4, -0.2) is 30.3 Å². The number of carbonyl (C=O) groups is 1. The molecular weight excluding hydrogens is 360 g/mol. The minimum atomic E-state index is -0.559. The fourth-order valence-corrected chi connectivity index (χ4v) is 2.36. The number of amides is 1. The van der Waals surface area contributed by atoms with Crippen molar-refractivity contribution >= 4 is 12.0 Å². The summed E-state index contributed by atoms with van der Waals surface area (Å²) in [5.41, 5.74) is 1.10. The highest BCUT2D eigenvalue weighted by Gasteiger charge is 2.11. The molecule has 0 saturated carbocycles. The van der Waals surface area contributed by atoms with E-state index in [2.05, 4.69) is 5.32 Å². The first-order valence-corrected chi connectivity index (χ1v) is 8.28. The van der Waals surface area contributed by atoms with Crippen LogP contribution in [0.3, 0.4) is 0 Å². The molecule has 0 spiro atoms. The Labute approximate surface area is 162 Å². The summed E-state index contributed by atoms with van der Waals surface area (Å²) in [5.74, 6) is -0.122. The highest BCUT2D eigenvalue weighted by Crippen LogP contribution is 2.37. The normalized spacial score (nSPS) is 11.1. The number of phenolic OH excluding ortho intramolecular Hbond substituents is 2. The van der Waals surface area contributed by atoms with Crippen LogP contribution in [0.5, 0.6) is 23.0 Å². The number of nitrogens with zero attached hydrogens (tertiary/aromatic N) is 1. The van der Waals surface area contributed by atoms with Gasteiger partial charge in [0.05, 0.1) is 14.2 Å². The Morgan fingerprint density at radius 2 is 1.82 bits per heavy atom. The molecule has 28 heavy (non-hydrogen) atoms. The van der Waals surface area contributed by atoms with Crippen molar-refractivity contribution in [3.63, 3.8) is 0 Å². The summed E-state index contributed by atoms with van der Waals surface area (Å²) in [7, 11) is 2.84. The molecule has 0 saturated heterocycles. The summed E-state index contributed by atoms with van der Waals surface area (Å²) >= 11 is 0. The number of para-hydroxylation sites is 1. The lowest BCUT2D eigenvalue weighted by molar-refractivity contribution is -0.117. The molecule has 0 radical (unpaired) electrons. The molecule has 0 fully saturated rings. The van der Waals surface area contributed by atoms with E-state index in [1.54, 1.807) is 36.4 Å². The summed E-state index contributed by atoms with van der Waals surface area (Å²) in [6.45, 7) is 0.0978. The van der Waals surface area contributed by atoms with E-state index in [9.17, 15) is 20.3 Å². The van der Waals surface area contributed by atoms with Gasteiger partial charge in [0.25, 0.3) is 5.91 Å². The van der Waals surface area contributed by atoms with Crippen LogP contribution >= 0.6 is 0 Å². The average Bonchev–Trinajstić information content (AvgIpc) is 2.71. The van der Waals surface area contributed by atoms with Crippen LogP contribution in [0, 0.1) is 11.3 Å². The Morgan fingerprint density at radius 1 is 1.18 bits per heavy atom. The number of phenols is 2. The second-order valence-electron chi connectivity index (χ2n) is 5.64. The molecule has 0 unspecified atom stereocenters. The Hall–Kier alpha value is -3.92. The predicted octanol–water partition coefficient (Wildman–Crippen LogP) is 2.89. The van der Waals surface area contributed by atoms with Gasteiger partial charge in [0, 0.05) is 12.1 Å². The zero-order chi connectivity index (χ0) is 20.5. The summed E-state index contributed by atoms with van der Waals surface area (Å²) in [5, 5.41) is 31.4. The molecule has 0 aromatic heterocycles. The standard InChI is InChI=1S/C21H20N2O5/c1-27-18-10-14(11-19(28-2)20(18)25)6-5-8-15(12-22)21(26)23-13-16-7-3-4-9-17(16)24/h3-11,24-25H,13H2,1-2H3,(H,23,26)/b6-5+,15-8+. The van der Waals surface area contributed by atoms with Crippen LogP contribution in [0.15, 0.2) is 54.1 Å². The van der Waals surface area contributed by atoms with Crippen molar-refractivity contribution in [1.82, 2.24) is 5.32 Å². The van der Waals surface area contributed by atoms with E-state index in [1.807, 2.05) is 6.07 Å². The van der Waals surface area contributed by atoms with Crippen molar-refractivity contribution in [3.05, 3.63) is 65.3 Å². The topological polar surface area (TPSA) is 112 Å². The van der Waals surface area contributed by atoms with Gasteiger partial charge in [-0.05, 0) is 29.8 Å². The molecule has 144 valence electrons. The van der Waals surface area contributed by atoms with Gasteiger partial charge in [0.15, 0.2) is 11.5 Å². The van der Waals surface area contributed by atoms with Gasteiger partial charge >= 0.3 is 0 Å². The van der Waals surface area contributed by atoms with Crippen LogP contribution in [0.25, 0.3) is 6.08 Å². The molecule has 0 aliphatic heterocycles. The minimum absolute atomic E-state index is 0.0698. The fraction of sp³-hybridized carbons (Fsp3) is 0.143. The summed E-state index contributed by atoms with van der Waals surface area (Å²) < 4.78 is 10.2. The number of hydrogen-bond acceptors (Lipinski definition) is 6. The number of rotatable bonds is 7. The maximum absolute atomic E-state index is 12.2. The number of aromatic hydroxyl groups is 2.